The molecule has 0 saturated carbocycles. The molecular weight excluding hydrogens is 362 g/mol. The highest BCUT2D eigenvalue weighted by molar-refractivity contribution is 7.90. The van der Waals surface area contributed by atoms with Gasteiger partial charge in [-0.1, -0.05) is 12.1 Å². The highest BCUT2D eigenvalue weighted by atomic mass is 32.2. The van der Waals surface area contributed by atoms with Crippen LogP contribution >= 0.6 is 0 Å². The lowest BCUT2D eigenvalue weighted by Crippen LogP contribution is -2.27. The summed E-state index contributed by atoms with van der Waals surface area (Å²) in [6.07, 6.45) is 1.13. The molecule has 2 aromatic carbocycles. The van der Waals surface area contributed by atoms with Crippen LogP contribution in [0, 0.1) is 6.92 Å². The van der Waals surface area contributed by atoms with E-state index in [-0.39, 0.29) is 9.79 Å². The van der Waals surface area contributed by atoms with E-state index < -0.39 is 25.9 Å². The summed E-state index contributed by atoms with van der Waals surface area (Å²) in [6.45, 7) is 3.47. The topological polar surface area (TPSA) is 89.5 Å². The summed E-state index contributed by atoms with van der Waals surface area (Å²) in [4.78, 5) is 0.336. The first kappa shape index (κ1) is 19.4. The quantitative estimate of drug-likeness (QED) is 0.827. The third-order valence-corrected chi connectivity index (χ3v) is 6.48. The summed E-state index contributed by atoms with van der Waals surface area (Å²) < 4.78 is 55.8. The molecule has 0 aliphatic carbocycles. The second kappa shape index (κ2) is 7.15. The van der Waals surface area contributed by atoms with Crippen LogP contribution in [-0.2, 0) is 19.9 Å². The Morgan fingerprint density at radius 3 is 2.00 bits per heavy atom. The van der Waals surface area contributed by atoms with Crippen LogP contribution < -0.4 is 9.46 Å². The molecule has 6 nitrogen and oxygen atoms in total. The van der Waals surface area contributed by atoms with Gasteiger partial charge in [-0.15, -0.1) is 0 Å². The molecule has 1 N–H and O–H groups in total. The minimum Gasteiger partial charge on any atom is -0.496 e. The molecule has 0 aliphatic rings. The lowest BCUT2D eigenvalue weighted by atomic mass is 10.1. The van der Waals surface area contributed by atoms with Crippen molar-refractivity contribution in [2.24, 2.45) is 0 Å². The Morgan fingerprint density at radius 1 is 0.960 bits per heavy atom. The average molecular weight is 383 g/mol. The maximum absolute atomic E-state index is 12.5. The van der Waals surface area contributed by atoms with E-state index in [0.29, 0.717) is 11.3 Å². The van der Waals surface area contributed by atoms with Gasteiger partial charge >= 0.3 is 0 Å². The van der Waals surface area contributed by atoms with Crippen molar-refractivity contribution in [3.8, 4) is 5.75 Å². The van der Waals surface area contributed by atoms with Crippen molar-refractivity contribution in [2.45, 2.75) is 29.7 Å². The molecule has 0 unspecified atom stereocenters. The number of rotatable bonds is 6. The number of nitrogens with one attached hydrogen (secondary N) is 1. The summed E-state index contributed by atoms with van der Waals surface area (Å²) in [7, 11) is -5.48. The van der Waals surface area contributed by atoms with Crippen molar-refractivity contribution in [3.05, 3.63) is 53.6 Å². The Labute approximate surface area is 148 Å². The van der Waals surface area contributed by atoms with Gasteiger partial charge in [0.15, 0.2) is 9.84 Å². The Bertz CT molecular complexity index is 965. The van der Waals surface area contributed by atoms with Gasteiger partial charge < -0.3 is 4.74 Å². The van der Waals surface area contributed by atoms with E-state index in [1.165, 1.54) is 25.3 Å². The monoisotopic (exact) mass is 383 g/mol. The summed E-state index contributed by atoms with van der Waals surface area (Å²) in [6, 6.07) is 10.2. The Morgan fingerprint density at radius 2 is 1.52 bits per heavy atom. The first-order valence-corrected chi connectivity index (χ1v) is 10.9. The number of methoxy groups -OCH3 is 1. The van der Waals surface area contributed by atoms with Crippen LogP contribution in [0.15, 0.2) is 52.3 Å². The Kier molecular flexibility index (Phi) is 5.55. The molecular formula is C17H21NO5S2. The number of aryl methyl sites for hydroxylation is 1. The fourth-order valence-corrected chi connectivity index (χ4v) is 4.34. The number of benzene rings is 2. The van der Waals surface area contributed by atoms with Crippen LogP contribution in [0.4, 0.5) is 0 Å². The molecule has 0 bridgehead atoms. The second-order valence-corrected chi connectivity index (χ2v) is 9.55. The van der Waals surface area contributed by atoms with Crippen LogP contribution in [-0.4, -0.2) is 30.2 Å². The molecule has 0 fully saturated rings. The first-order valence-electron chi connectivity index (χ1n) is 7.51. The highest BCUT2D eigenvalue weighted by Gasteiger charge is 2.19. The van der Waals surface area contributed by atoms with Crippen molar-refractivity contribution in [1.29, 1.82) is 0 Å². The van der Waals surface area contributed by atoms with Gasteiger partial charge in [0.25, 0.3) is 0 Å². The molecule has 2 aromatic rings. The van der Waals surface area contributed by atoms with Crippen LogP contribution in [0.25, 0.3) is 0 Å². The number of sulfone groups is 1. The lowest BCUT2D eigenvalue weighted by molar-refractivity contribution is 0.411. The van der Waals surface area contributed by atoms with Crippen molar-refractivity contribution in [2.75, 3.05) is 13.4 Å². The lowest BCUT2D eigenvalue weighted by Gasteiger charge is -2.16. The minimum atomic E-state index is -3.72. The zero-order valence-corrected chi connectivity index (χ0v) is 16.1. The second-order valence-electron chi connectivity index (χ2n) is 5.82. The zero-order chi connectivity index (χ0) is 18.8. The molecule has 0 radical (unpaired) electrons. The SMILES string of the molecule is COc1ccc(S(=O)(=O)N[C@H](C)c2ccc(S(C)(=O)=O)cc2)cc1C. The van der Waals surface area contributed by atoms with E-state index in [0.717, 1.165) is 11.8 Å². The van der Waals surface area contributed by atoms with Crippen molar-refractivity contribution < 1.29 is 21.6 Å². The summed E-state index contributed by atoms with van der Waals surface area (Å²) in [5.74, 6) is 0.614. The van der Waals surface area contributed by atoms with Gasteiger partial charge in [0.1, 0.15) is 5.75 Å². The number of hydrogen-bond donors (Lipinski definition) is 1. The molecule has 2 rings (SSSR count). The van der Waals surface area contributed by atoms with Crippen molar-refractivity contribution >= 4 is 19.9 Å². The fourth-order valence-electron chi connectivity index (χ4n) is 2.39. The van der Waals surface area contributed by atoms with E-state index in [1.54, 1.807) is 38.1 Å². The van der Waals surface area contributed by atoms with Crippen LogP contribution in [0.1, 0.15) is 24.1 Å². The molecule has 0 aliphatic heterocycles. The van der Waals surface area contributed by atoms with Gasteiger partial charge in [0.2, 0.25) is 10.0 Å². The van der Waals surface area contributed by atoms with Crippen LogP contribution in [0.5, 0.6) is 5.75 Å². The van der Waals surface area contributed by atoms with E-state index in [2.05, 4.69) is 4.72 Å². The normalized spacial score (nSPS) is 13.4. The Balaban J connectivity index is 2.24. The molecule has 8 heteroatoms. The molecule has 25 heavy (non-hydrogen) atoms. The van der Waals surface area contributed by atoms with Gasteiger partial charge in [0.05, 0.1) is 16.9 Å². The van der Waals surface area contributed by atoms with E-state index >= 15 is 0 Å². The van der Waals surface area contributed by atoms with Gasteiger partial charge in [-0.05, 0) is 55.3 Å². The molecule has 1 atom stereocenters. The van der Waals surface area contributed by atoms with Crippen LogP contribution in [0.3, 0.4) is 0 Å². The number of hydrogen-bond acceptors (Lipinski definition) is 5. The third-order valence-electron chi connectivity index (χ3n) is 3.82. The van der Waals surface area contributed by atoms with Crippen molar-refractivity contribution in [1.82, 2.24) is 4.72 Å². The molecule has 0 saturated heterocycles. The molecule has 0 spiro atoms. The van der Waals surface area contributed by atoms with E-state index in [1.807, 2.05) is 0 Å². The maximum Gasteiger partial charge on any atom is 0.241 e. The third kappa shape index (κ3) is 4.59. The van der Waals surface area contributed by atoms with Gasteiger partial charge in [0, 0.05) is 12.3 Å². The smallest absolute Gasteiger partial charge is 0.241 e. The summed E-state index contributed by atoms with van der Waals surface area (Å²) >= 11 is 0. The maximum atomic E-state index is 12.5. The van der Waals surface area contributed by atoms with Gasteiger partial charge in [-0.3, -0.25) is 0 Å². The van der Waals surface area contributed by atoms with Crippen molar-refractivity contribution in [3.63, 3.8) is 0 Å². The fraction of sp³-hybridized carbons (Fsp3) is 0.294. The predicted molar refractivity (Wildman–Crippen MR) is 96.0 cm³/mol. The van der Waals surface area contributed by atoms with Gasteiger partial charge in [-0.2, -0.15) is 0 Å². The molecule has 136 valence electrons. The molecule has 0 heterocycles. The average Bonchev–Trinajstić information content (AvgIpc) is 2.53. The largest absolute Gasteiger partial charge is 0.496 e. The van der Waals surface area contributed by atoms with E-state index in [9.17, 15) is 16.8 Å². The number of ether oxygens (including phenoxy) is 1. The van der Waals surface area contributed by atoms with E-state index in [4.69, 9.17) is 4.74 Å². The minimum absolute atomic E-state index is 0.144. The molecule has 0 aromatic heterocycles. The Hall–Kier alpha value is -1.90. The standard InChI is InChI=1S/C17H21NO5S2/c1-12-11-16(9-10-17(12)23-3)25(21,22)18-13(2)14-5-7-15(8-6-14)24(4,19)20/h5-11,13,18H,1-4H3/t13-/m1/s1. The zero-order valence-electron chi connectivity index (χ0n) is 14.5. The van der Waals surface area contributed by atoms with Crippen LogP contribution in [0.2, 0.25) is 0 Å². The number of sulfonamides is 1. The molecule has 0 amide bonds. The highest BCUT2D eigenvalue weighted by Crippen LogP contribution is 2.23. The summed E-state index contributed by atoms with van der Waals surface area (Å²) in [5.41, 5.74) is 1.39. The summed E-state index contributed by atoms with van der Waals surface area (Å²) in [5, 5.41) is 0. The first-order chi connectivity index (χ1) is 11.5. The van der Waals surface area contributed by atoms with Gasteiger partial charge in [-0.25, -0.2) is 21.6 Å². The predicted octanol–water partition coefficient (Wildman–Crippen LogP) is 2.45.